The van der Waals surface area contributed by atoms with Crippen molar-refractivity contribution in [3.63, 3.8) is 0 Å². The van der Waals surface area contributed by atoms with Crippen LogP contribution in [0.1, 0.15) is 17.2 Å². The molecule has 0 aromatic carbocycles. The molecule has 0 radical (unpaired) electrons. The summed E-state index contributed by atoms with van der Waals surface area (Å²) in [5.41, 5.74) is 3.60. The van der Waals surface area contributed by atoms with E-state index in [9.17, 15) is 0 Å². The number of hydrogen-bond acceptors (Lipinski definition) is 3. The lowest BCUT2D eigenvalue weighted by Gasteiger charge is -2.19. The normalized spacial score (nSPS) is 18.0. The second-order valence-electron chi connectivity index (χ2n) is 4.12. The van der Waals surface area contributed by atoms with Gasteiger partial charge < -0.3 is 5.32 Å². The quantitative estimate of drug-likeness (QED) is 0.869. The first-order valence-electron chi connectivity index (χ1n) is 5.88. The van der Waals surface area contributed by atoms with Crippen LogP contribution in [-0.2, 0) is 0 Å². The lowest BCUT2D eigenvalue weighted by atomic mass is 9.98. The molecule has 2 aromatic rings. The molecule has 88 valence electrons. The number of aromatic nitrogens is 2. The van der Waals surface area contributed by atoms with Crippen LogP contribution in [0.25, 0.3) is 5.57 Å². The van der Waals surface area contributed by atoms with E-state index in [2.05, 4.69) is 27.4 Å². The van der Waals surface area contributed by atoms with Crippen LogP contribution in [0.2, 0.25) is 0 Å². The Morgan fingerprint density at radius 1 is 0.889 bits per heavy atom. The van der Waals surface area contributed by atoms with Crippen LogP contribution >= 0.6 is 0 Å². The van der Waals surface area contributed by atoms with Gasteiger partial charge in [0.1, 0.15) is 0 Å². The van der Waals surface area contributed by atoms with Crippen molar-refractivity contribution in [3.05, 3.63) is 78.5 Å². The Balaban J connectivity index is 1.93. The van der Waals surface area contributed by atoms with Crippen LogP contribution in [0.4, 0.5) is 0 Å². The van der Waals surface area contributed by atoms with Crippen LogP contribution in [0.5, 0.6) is 0 Å². The highest BCUT2D eigenvalue weighted by Crippen LogP contribution is 2.24. The van der Waals surface area contributed by atoms with Gasteiger partial charge in [0.15, 0.2) is 0 Å². The molecule has 1 aliphatic heterocycles. The predicted molar refractivity (Wildman–Crippen MR) is 71.5 cm³/mol. The molecule has 1 aliphatic rings. The van der Waals surface area contributed by atoms with Crippen LogP contribution in [-0.4, -0.2) is 9.97 Å². The zero-order valence-electron chi connectivity index (χ0n) is 9.82. The zero-order chi connectivity index (χ0) is 12.2. The summed E-state index contributed by atoms with van der Waals surface area (Å²) in [6.07, 6.45) is 13.5. The van der Waals surface area contributed by atoms with Gasteiger partial charge in [0.2, 0.25) is 0 Å². The molecule has 3 nitrogen and oxygen atoms in total. The van der Waals surface area contributed by atoms with E-state index in [1.54, 1.807) is 0 Å². The first-order chi connectivity index (χ1) is 8.93. The number of nitrogens with one attached hydrogen (secondary N) is 1. The lowest BCUT2D eigenvalue weighted by Crippen LogP contribution is -2.16. The van der Waals surface area contributed by atoms with Gasteiger partial charge in [0.05, 0.1) is 6.04 Å². The average Bonchev–Trinajstić information content (AvgIpc) is 2.49. The van der Waals surface area contributed by atoms with Crippen molar-refractivity contribution < 1.29 is 0 Å². The maximum Gasteiger partial charge on any atom is 0.0702 e. The Hall–Kier alpha value is -2.42. The molecule has 1 N–H and O–H groups in total. The summed E-state index contributed by atoms with van der Waals surface area (Å²) in [5.74, 6) is 0. The van der Waals surface area contributed by atoms with Crippen molar-refractivity contribution >= 4 is 5.57 Å². The second-order valence-corrected chi connectivity index (χ2v) is 4.12. The fraction of sp³-hybridized carbons (Fsp3) is 0.0667. The van der Waals surface area contributed by atoms with Crippen molar-refractivity contribution in [3.8, 4) is 0 Å². The molecule has 0 saturated heterocycles. The minimum atomic E-state index is 0.196. The number of hydrogen-bond donors (Lipinski definition) is 1. The monoisotopic (exact) mass is 235 g/mol. The Kier molecular flexibility index (Phi) is 2.88. The highest BCUT2D eigenvalue weighted by Gasteiger charge is 2.11. The predicted octanol–water partition coefficient (Wildman–Crippen LogP) is 2.72. The fourth-order valence-corrected chi connectivity index (χ4v) is 2.02. The van der Waals surface area contributed by atoms with Gasteiger partial charge in [-0.15, -0.1) is 0 Å². The molecule has 0 saturated carbocycles. The van der Waals surface area contributed by atoms with Crippen LogP contribution in [0, 0.1) is 0 Å². The SMILES string of the molecule is C1=CC(c2ccncc2)=CC(c2ccncc2)N1. The topological polar surface area (TPSA) is 37.8 Å². The maximum absolute atomic E-state index is 4.04. The van der Waals surface area contributed by atoms with Crippen molar-refractivity contribution in [2.45, 2.75) is 6.04 Å². The summed E-state index contributed by atoms with van der Waals surface area (Å²) in [5, 5.41) is 3.33. The van der Waals surface area contributed by atoms with Gasteiger partial charge in [-0.3, -0.25) is 9.97 Å². The molecular formula is C15H13N3. The van der Waals surface area contributed by atoms with Gasteiger partial charge in [0.25, 0.3) is 0 Å². The maximum atomic E-state index is 4.04. The lowest BCUT2D eigenvalue weighted by molar-refractivity contribution is 0.748. The van der Waals surface area contributed by atoms with E-state index in [1.165, 1.54) is 16.7 Å². The summed E-state index contributed by atoms with van der Waals surface area (Å²) in [7, 11) is 0. The number of nitrogens with zero attached hydrogens (tertiary/aromatic N) is 2. The molecule has 3 heterocycles. The molecule has 0 bridgehead atoms. The number of allylic oxidation sites excluding steroid dienone is 2. The molecule has 0 amide bonds. The van der Waals surface area contributed by atoms with Crippen molar-refractivity contribution in [2.24, 2.45) is 0 Å². The smallest absolute Gasteiger partial charge is 0.0702 e. The Morgan fingerprint density at radius 2 is 1.56 bits per heavy atom. The largest absolute Gasteiger partial charge is 0.381 e. The summed E-state index contributed by atoms with van der Waals surface area (Å²) in [6.45, 7) is 0. The summed E-state index contributed by atoms with van der Waals surface area (Å²) in [4.78, 5) is 8.08. The molecule has 3 rings (SSSR count). The van der Waals surface area contributed by atoms with Crippen molar-refractivity contribution in [1.29, 1.82) is 0 Å². The van der Waals surface area contributed by atoms with Crippen molar-refractivity contribution in [2.75, 3.05) is 0 Å². The highest BCUT2D eigenvalue weighted by atomic mass is 14.9. The van der Waals surface area contributed by atoms with Crippen LogP contribution in [0.15, 0.2) is 67.4 Å². The average molecular weight is 235 g/mol. The van der Waals surface area contributed by atoms with Gasteiger partial charge in [-0.25, -0.2) is 0 Å². The molecular weight excluding hydrogens is 222 g/mol. The Labute approximate surface area is 106 Å². The Bertz CT molecular complexity index is 573. The first-order valence-corrected chi connectivity index (χ1v) is 5.88. The van der Waals surface area contributed by atoms with E-state index in [0.717, 1.165) is 0 Å². The van der Waals surface area contributed by atoms with Crippen molar-refractivity contribution in [1.82, 2.24) is 15.3 Å². The van der Waals surface area contributed by atoms with Gasteiger partial charge in [-0.1, -0.05) is 0 Å². The van der Waals surface area contributed by atoms with E-state index in [0.29, 0.717) is 0 Å². The zero-order valence-corrected chi connectivity index (χ0v) is 9.82. The standard InChI is InChI=1S/C15H13N3/c1-6-16-7-2-12(1)14-5-10-18-15(11-14)13-3-8-17-9-4-13/h1-11,15,18H. The minimum Gasteiger partial charge on any atom is -0.381 e. The van der Waals surface area contributed by atoms with Gasteiger partial charge in [-0.2, -0.15) is 0 Å². The molecule has 3 heteroatoms. The highest BCUT2D eigenvalue weighted by molar-refractivity contribution is 5.75. The number of rotatable bonds is 2. The number of pyridine rings is 2. The third kappa shape index (κ3) is 2.15. The third-order valence-corrected chi connectivity index (χ3v) is 2.96. The van der Waals surface area contributed by atoms with E-state index in [-0.39, 0.29) is 6.04 Å². The van der Waals surface area contributed by atoms with Gasteiger partial charge in [0, 0.05) is 24.8 Å². The Morgan fingerprint density at radius 3 is 2.28 bits per heavy atom. The third-order valence-electron chi connectivity index (χ3n) is 2.96. The molecule has 0 aliphatic carbocycles. The molecule has 18 heavy (non-hydrogen) atoms. The number of dihydropyridines is 1. The van der Waals surface area contributed by atoms with E-state index < -0.39 is 0 Å². The summed E-state index contributed by atoms with van der Waals surface area (Å²) < 4.78 is 0. The second kappa shape index (κ2) is 4.84. The molecule has 1 atom stereocenters. The van der Waals surface area contributed by atoms with Gasteiger partial charge in [-0.05, 0) is 59.3 Å². The summed E-state index contributed by atoms with van der Waals surface area (Å²) in [6, 6.07) is 8.28. The van der Waals surface area contributed by atoms with E-state index >= 15 is 0 Å². The molecule has 2 aromatic heterocycles. The summed E-state index contributed by atoms with van der Waals surface area (Å²) >= 11 is 0. The van der Waals surface area contributed by atoms with Crippen LogP contribution in [0.3, 0.4) is 0 Å². The first kappa shape index (κ1) is 10.7. The van der Waals surface area contributed by atoms with Gasteiger partial charge >= 0.3 is 0 Å². The van der Waals surface area contributed by atoms with Crippen LogP contribution < -0.4 is 5.32 Å². The van der Waals surface area contributed by atoms with E-state index in [1.807, 2.05) is 55.3 Å². The minimum absolute atomic E-state index is 0.196. The fourth-order valence-electron chi connectivity index (χ4n) is 2.02. The molecule has 0 fully saturated rings. The molecule has 0 spiro atoms. The van der Waals surface area contributed by atoms with E-state index in [4.69, 9.17) is 0 Å². The molecule has 1 unspecified atom stereocenters.